The van der Waals surface area contributed by atoms with Crippen LogP contribution in [0.2, 0.25) is 0 Å². The van der Waals surface area contributed by atoms with Gasteiger partial charge in [0.25, 0.3) is 0 Å². The second kappa shape index (κ2) is 8.31. The number of benzene rings is 1. The lowest BCUT2D eigenvalue weighted by Gasteiger charge is -2.07. The van der Waals surface area contributed by atoms with Crippen molar-refractivity contribution in [2.75, 3.05) is 6.61 Å². The van der Waals surface area contributed by atoms with Crippen LogP contribution in [0, 0.1) is 0 Å². The van der Waals surface area contributed by atoms with Gasteiger partial charge in [0.05, 0.1) is 18.8 Å². The molecule has 0 saturated carbocycles. The van der Waals surface area contributed by atoms with Crippen LogP contribution in [-0.2, 0) is 11.2 Å². The van der Waals surface area contributed by atoms with Crippen molar-refractivity contribution in [1.29, 1.82) is 0 Å². The van der Waals surface area contributed by atoms with Crippen molar-refractivity contribution >= 4 is 0 Å². The molecule has 1 aliphatic heterocycles. The predicted molar refractivity (Wildman–Crippen MR) is 83.4 cm³/mol. The van der Waals surface area contributed by atoms with Gasteiger partial charge in [0.2, 0.25) is 0 Å². The van der Waals surface area contributed by atoms with Crippen LogP contribution >= 0.6 is 0 Å². The van der Waals surface area contributed by atoms with E-state index in [-0.39, 0.29) is 0 Å². The van der Waals surface area contributed by atoms with E-state index in [1.165, 1.54) is 24.8 Å². The maximum Gasteiger partial charge on any atom is 0.119 e. The summed E-state index contributed by atoms with van der Waals surface area (Å²) in [6.45, 7) is 5.26. The Morgan fingerprint density at radius 2 is 1.80 bits per heavy atom. The molecule has 2 rings (SSSR count). The molecule has 2 nitrogen and oxygen atoms in total. The van der Waals surface area contributed by atoms with Gasteiger partial charge in [-0.15, -0.1) is 0 Å². The van der Waals surface area contributed by atoms with Crippen LogP contribution in [-0.4, -0.2) is 18.8 Å². The zero-order chi connectivity index (χ0) is 14.2. The fourth-order valence-corrected chi connectivity index (χ4v) is 2.57. The second-order valence-corrected chi connectivity index (χ2v) is 5.71. The van der Waals surface area contributed by atoms with E-state index in [2.05, 4.69) is 38.1 Å². The number of ether oxygens (including phenoxy) is 2. The Bertz CT molecular complexity index is 372. The first-order valence-corrected chi connectivity index (χ1v) is 8.20. The molecule has 112 valence electrons. The molecule has 2 atom stereocenters. The molecule has 0 aromatic heterocycles. The Kier molecular flexibility index (Phi) is 6.38. The average molecular weight is 276 g/mol. The maximum atomic E-state index is 5.76. The molecule has 0 spiro atoms. The Balaban J connectivity index is 1.62. The van der Waals surface area contributed by atoms with Gasteiger partial charge in [0.1, 0.15) is 5.75 Å². The molecule has 0 N–H and O–H groups in total. The predicted octanol–water partition coefficient (Wildman–Crippen LogP) is 4.76. The molecule has 20 heavy (non-hydrogen) atoms. The van der Waals surface area contributed by atoms with E-state index in [9.17, 15) is 0 Å². The molecule has 1 heterocycles. The van der Waals surface area contributed by atoms with Gasteiger partial charge in [-0.05, 0) is 43.4 Å². The van der Waals surface area contributed by atoms with E-state index in [0.717, 1.165) is 38.0 Å². The van der Waals surface area contributed by atoms with Crippen LogP contribution in [0.3, 0.4) is 0 Å². The summed E-state index contributed by atoms with van der Waals surface area (Å²) >= 11 is 0. The number of rotatable bonds is 10. The normalized spacial score (nSPS) is 20.9. The standard InChI is InChI=1S/C18H28O2/c1-3-5-6-7-14-19-16-11-8-15(9-12-16)10-13-18-17(4-2)20-18/h8-9,11-12,17-18H,3-7,10,13-14H2,1-2H3. The van der Waals surface area contributed by atoms with E-state index in [4.69, 9.17) is 9.47 Å². The third-order valence-electron chi connectivity index (χ3n) is 4.00. The van der Waals surface area contributed by atoms with Gasteiger partial charge in [0.15, 0.2) is 0 Å². The van der Waals surface area contributed by atoms with Gasteiger partial charge in [-0.1, -0.05) is 45.2 Å². The molecular formula is C18H28O2. The number of hydrogen-bond donors (Lipinski definition) is 0. The quantitative estimate of drug-likeness (QED) is 0.454. The summed E-state index contributed by atoms with van der Waals surface area (Å²) in [4.78, 5) is 0. The molecule has 0 bridgehead atoms. The number of aryl methyl sites for hydroxylation is 1. The minimum atomic E-state index is 0.509. The third-order valence-corrected chi connectivity index (χ3v) is 4.00. The lowest BCUT2D eigenvalue weighted by molar-refractivity contribution is 0.305. The lowest BCUT2D eigenvalue weighted by Crippen LogP contribution is -1.98. The average Bonchev–Trinajstić information content (AvgIpc) is 3.25. The van der Waals surface area contributed by atoms with Crippen molar-refractivity contribution in [1.82, 2.24) is 0 Å². The topological polar surface area (TPSA) is 21.8 Å². The minimum absolute atomic E-state index is 0.509. The van der Waals surface area contributed by atoms with Crippen LogP contribution in [0.15, 0.2) is 24.3 Å². The number of unbranched alkanes of at least 4 members (excludes halogenated alkanes) is 3. The van der Waals surface area contributed by atoms with Crippen LogP contribution in [0.25, 0.3) is 0 Å². The fourth-order valence-electron chi connectivity index (χ4n) is 2.57. The molecule has 1 fully saturated rings. The summed E-state index contributed by atoms with van der Waals surface area (Å²) in [6.07, 6.45) is 9.46. The number of epoxide rings is 1. The van der Waals surface area contributed by atoms with Crippen LogP contribution in [0.1, 0.15) is 57.9 Å². The van der Waals surface area contributed by atoms with Crippen molar-refractivity contribution in [3.05, 3.63) is 29.8 Å². The van der Waals surface area contributed by atoms with Crippen LogP contribution in [0.5, 0.6) is 5.75 Å². The van der Waals surface area contributed by atoms with E-state index in [0.29, 0.717) is 12.2 Å². The monoisotopic (exact) mass is 276 g/mol. The van der Waals surface area contributed by atoms with Crippen molar-refractivity contribution in [3.63, 3.8) is 0 Å². The van der Waals surface area contributed by atoms with E-state index in [1.54, 1.807) is 0 Å². The van der Waals surface area contributed by atoms with Crippen molar-refractivity contribution in [3.8, 4) is 5.75 Å². The van der Waals surface area contributed by atoms with Gasteiger partial charge in [0, 0.05) is 0 Å². The summed E-state index contributed by atoms with van der Waals surface area (Å²) in [5.74, 6) is 0.999. The summed E-state index contributed by atoms with van der Waals surface area (Å²) in [7, 11) is 0. The number of hydrogen-bond acceptors (Lipinski definition) is 2. The van der Waals surface area contributed by atoms with Crippen molar-refractivity contribution in [2.45, 2.75) is 71.0 Å². The Labute approximate surface area is 123 Å². The highest BCUT2D eigenvalue weighted by atomic mass is 16.6. The highest BCUT2D eigenvalue weighted by Crippen LogP contribution is 2.29. The molecular weight excluding hydrogens is 248 g/mol. The summed E-state index contributed by atoms with van der Waals surface area (Å²) in [6, 6.07) is 8.57. The van der Waals surface area contributed by atoms with Gasteiger partial charge < -0.3 is 9.47 Å². The Morgan fingerprint density at radius 1 is 1.00 bits per heavy atom. The zero-order valence-electron chi connectivity index (χ0n) is 12.9. The first-order valence-electron chi connectivity index (χ1n) is 8.20. The second-order valence-electron chi connectivity index (χ2n) is 5.71. The van der Waals surface area contributed by atoms with Crippen molar-refractivity contribution < 1.29 is 9.47 Å². The third kappa shape index (κ3) is 5.16. The van der Waals surface area contributed by atoms with E-state index < -0.39 is 0 Å². The largest absolute Gasteiger partial charge is 0.494 e. The fraction of sp³-hybridized carbons (Fsp3) is 0.667. The summed E-state index contributed by atoms with van der Waals surface area (Å²) in [5.41, 5.74) is 1.38. The molecule has 1 aromatic carbocycles. The zero-order valence-corrected chi connectivity index (χ0v) is 12.9. The SMILES string of the molecule is CCCCCCOc1ccc(CCC2OC2CC)cc1. The maximum absolute atomic E-state index is 5.76. The van der Waals surface area contributed by atoms with Crippen LogP contribution < -0.4 is 4.74 Å². The molecule has 2 heteroatoms. The summed E-state index contributed by atoms with van der Waals surface area (Å²) < 4.78 is 11.3. The van der Waals surface area contributed by atoms with Gasteiger partial charge in [-0.2, -0.15) is 0 Å². The molecule has 0 amide bonds. The smallest absolute Gasteiger partial charge is 0.119 e. The molecule has 2 unspecified atom stereocenters. The first kappa shape index (κ1) is 15.4. The molecule has 1 aliphatic rings. The first-order chi connectivity index (χ1) is 9.83. The van der Waals surface area contributed by atoms with Crippen LogP contribution in [0.4, 0.5) is 0 Å². The molecule has 1 aromatic rings. The van der Waals surface area contributed by atoms with Gasteiger partial charge in [-0.25, -0.2) is 0 Å². The van der Waals surface area contributed by atoms with Crippen molar-refractivity contribution in [2.24, 2.45) is 0 Å². The highest BCUT2D eigenvalue weighted by molar-refractivity contribution is 5.27. The van der Waals surface area contributed by atoms with Gasteiger partial charge >= 0.3 is 0 Å². The molecule has 0 radical (unpaired) electrons. The Morgan fingerprint density at radius 3 is 2.45 bits per heavy atom. The molecule has 0 aliphatic carbocycles. The van der Waals surface area contributed by atoms with Gasteiger partial charge in [-0.3, -0.25) is 0 Å². The Hall–Kier alpha value is -1.02. The molecule has 1 saturated heterocycles. The lowest BCUT2D eigenvalue weighted by atomic mass is 10.1. The minimum Gasteiger partial charge on any atom is -0.494 e. The highest BCUT2D eigenvalue weighted by Gasteiger charge is 2.35. The summed E-state index contributed by atoms with van der Waals surface area (Å²) in [5, 5.41) is 0. The van der Waals surface area contributed by atoms with E-state index >= 15 is 0 Å². The van der Waals surface area contributed by atoms with E-state index in [1.807, 2.05) is 0 Å².